The minimum absolute atomic E-state index is 0.0490. The maximum Gasteiger partial charge on any atom is 0.490 e. The molecule has 0 bridgehead atoms. The second-order valence-electron chi connectivity index (χ2n) is 9.07. The van der Waals surface area contributed by atoms with Crippen LogP contribution in [0.2, 0.25) is 0 Å². The highest BCUT2D eigenvalue weighted by molar-refractivity contribution is 7.91. The lowest BCUT2D eigenvalue weighted by Crippen LogP contribution is -2.51. The Morgan fingerprint density at radius 3 is 2.15 bits per heavy atom. The SMILES string of the molecule is NCc1ccc(S(=O)(=O)N2C[C@@H](C(=O)N3CCS(=O)(=O)CC3)C[C@H](c3ccccc3)C2)s1.O=C(O)C(F)(F)F. The Morgan fingerprint density at radius 2 is 1.64 bits per heavy atom. The molecule has 0 spiro atoms. The Balaban J connectivity index is 0.000000532. The molecule has 3 heterocycles. The van der Waals surface area contributed by atoms with Gasteiger partial charge in [0, 0.05) is 37.6 Å². The van der Waals surface area contributed by atoms with E-state index in [2.05, 4.69) is 0 Å². The van der Waals surface area contributed by atoms with Gasteiger partial charge in [-0.25, -0.2) is 21.6 Å². The molecule has 0 radical (unpaired) electrons. The van der Waals surface area contributed by atoms with Gasteiger partial charge >= 0.3 is 12.1 Å². The third-order valence-corrected chi connectivity index (χ3v) is 11.4. The number of nitrogens with two attached hydrogens (primary N) is 1. The van der Waals surface area contributed by atoms with E-state index in [0.717, 1.165) is 21.8 Å². The molecule has 3 N–H and O–H groups in total. The molecule has 2 aromatic rings. The summed E-state index contributed by atoms with van der Waals surface area (Å²) < 4.78 is 83.7. The number of amides is 1. The van der Waals surface area contributed by atoms with E-state index in [4.69, 9.17) is 15.6 Å². The molecular weight excluding hydrogens is 583 g/mol. The maximum atomic E-state index is 13.4. The van der Waals surface area contributed by atoms with Crippen LogP contribution in [0.25, 0.3) is 0 Å². The van der Waals surface area contributed by atoms with Crippen LogP contribution < -0.4 is 5.73 Å². The average molecular weight is 612 g/mol. The van der Waals surface area contributed by atoms with Gasteiger partial charge in [-0.05, 0) is 30.0 Å². The molecule has 0 aliphatic carbocycles. The first-order valence-corrected chi connectivity index (χ1v) is 15.8. The van der Waals surface area contributed by atoms with Crippen LogP contribution in [0.15, 0.2) is 46.7 Å². The van der Waals surface area contributed by atoms with Gasteiger partial charge in [0.05, 0.1) is 17.4 Å². The van der Waals surface area contributed by atoms with Crippen molar-refractivity contribution in [2.75, 3.05) is 37.7 Å². The minimum Gasteiger partial charge on any atom is -0.475 e. The molecule has 216 valence electrons. The molecule has 2 atom stereocenters. The van der Waals surface area contributed by atoms with Gasteiger partial charge in [-0.3, -0.25) is 4.79 Å². The van der Waals surface area contributed by atoms with Crippen LogP contribution in [0, 0.1) is 5.92 Å². The van der Waals surface area contributed by atoms with Crippen molar-refractivity contribution >= 4 is 43.1 Å². The molecule has 2 aliphatic heterocycles. The van der Waals surface area contributed by atoms with E-state index < -0.39 is 37.9 Å². The van der Waals surface area contributed by atoms with Crippen molar-refractivity contribution in [2.45, 2.75) is 29.3 Å². The predicted molar refractivity (Wildman–Crippen MR) is 137 cm³/mol. The minimum atomic E-state index is -5.08. The van der Waals surface area contributed by atoms with E-state index in [0.29, 0.717) is 13.0 Å². The van der Waals surface area contributed by atoms with Gasteiger partial charge < -0.3 is 15.7 Å². The number of sulfonamides is 1. The number of halogens is 3. The second-order valence-corrected chi connectivity index (χ2v) is 14.7. The molecule has 16 heteroatoms. The number of alkyl halides is 3. The first-order valence-electron chi connectivity index (χ1n) is 11.8. The number of aliphatic carboxylic acids is 1. The molecule has 39 heavy (non-hydrogen) atoms. The van der Waals surface area contributed by atoms with Crippen molar-refractivity contribution in [3.05, 3.63) is 52.9 Å². The number of rotatable bonds is 5. The van der Waals surface area contributed by atoms with Crippen LogP contribution in [-0.4, -0.2) is 86.9 Å². The summed E-state index contributed by atoms with van der Waals surface area (Å²) in [6, 6.07) is 12.9. The lowest BCUT2D eigenvalue weighted by Gasteiger charge is -2.39. The third-order valence-electron chi connectivity index (χ3n) is 6.37. The summed E-state index contributed by atoms with van der Waals surface area (Å²) in [6.45, 7) is 0.964. The van der Waals surface area contributed by atoms with Gasteiger partial charge in [0.15, 0.2) is 9.84 Å². The second kappa shape index (κ2) is 12.3. The molecule has 0 unspecified atom stereocenters. The first kappa shape index (κ1) is 31.0. The number of hydrogen-bond donors (Lipinski definition) is 2. The van der Waals surface area contributed by atoms with Crippen molar-refractivity contribution in [1.29, 1.82) is 0 Å². The van der Waals surface area contributed by atoms with Gasteiger partial charge in [-0.15, -0.1) is 11.3 Å². The van der Waals surface area contributed by atoms with E-state index >= 15 is 0 Å². The van der Waals surface area contributed by atoms with Crippen LogP contribution in [0.3, 0.4) is 0 Å². The smallest absolute Gasteiger partial charge is 0.475 e. The Morgan fingerprint density at radius 1 is 1.05 bits per heavy atom. The molecule has 2 saturated heterocycles. The monoisotopic (exact) mass is 611 g/mol. The van der Waals surface area contributed by atoms with Crippen LogP contribution in [-0.2, 0) is 36.0 Å². The number of thiophene rings is 1. The topological polar surface area (TPSA) is 155 Å². The van der Waals surface area contributed by atoms with E-state index in [1.54, 1.807) is 17.0 Å². The Labute approximate surface area is 228 Å². The highest BCUT2D eigenvalue weighted by Crippen LogP contribution is 2.35. The summed E-state index contributed by atoms with van der Waals surface area (Å²) in [6.07, 6.45) is -4.56. The molecular formula is C23H28F3N3O7S3. The summed E-state index contributed by atoms with van der Waals surface area (Å²) in [5.74, 6) is -3.68. The summed E-state index contributed by atoms with van der Waals surface area (Å²) in [5, 5.41) is 7.12. The summed E-state index contributed by atoms with van der Waals surface area (Å²) in [4.78, 5) is 24.5. The molecule has 2 aliphatic rings. The standard InChI is InChI=1S/C21H27N3O5S3.C2HF3O2/c22-13-19-6-7-20(30-19)32(28,29)24-14-17(16-4-2-1-3-5-16)12-18(15-24)21(25)23-8-10-31(26,27)11-9-23;3-2(4,5)1(6)7/h1-7,17-18H,8-15,22H2;(H,6,7)/t17-,18-;/m0./s1. The molecule has 4 rings (SSSR count). The van der Waals surface area contributed by atoms with Gasteiger partial charge in [0.25, 0.3) is 10.0 Å². The number of sulfone groups is 1. The van der Waals surface area contributed by atoms with Crippen LogP contribution >= 0.6 is 11.3 Å². The first-order chi connectivity index (χ1) is 18.1. The lowest BCUT2D eigenvalue weighted by molar-refractivity contribution is -0.192. The zero-order valence-electron chi connectivity index (χ0n) is 20.6. The third kappa shape index (κ3) is 8.00. The maximum absolute atomic E-state index is 13.4. The van der Waals surface area contributed by atoms with E-state index in [-0.39, 0.29) is 53.7 Å². The zero-order chi connectivity index (χ0) is 29.0. The fourth-order valence-electron chi connectivity index (χ4n) is 4.33. The fourth-order valence-corrected chi connectivity index (χ4v) is 8.45. The molecule has 1 aromatic heterocycles. The number of benzene rings is 1. The number of nitrogens with zero attached hydrogens (tertiary/aromatic N) is 2. The van der Waals surface area contributed by atoms with Gasteiger partial charge in [-0.1, -0.05) is 30.3 Å². The number of carbonyl (C=O) groups excluding carboxylic acids is 1. The number of carboxylic acid groups (broad SMARTS) is 1. The Bertz CT molecular complexity index is 1370. The lowest BCUT2D eigenvalue weighted by atomic mass is 9.85. The largest absolute Gasteiger partial charge is 0.490 e. The summed E-state index contributed by atoms with van der Waals surface area (Å²) >= 11 is 1.15. The Kier molecular flexibility index (Phi) is 9.80. The summed E-state index contributed by atoms with van der Waals surface area (Å²) in [5.41, 5.74) is 6.64. The van der Waals surface area contributed by atoms with Gasteiger partial charge in [0.2, 0.25) is 5.91 Å². The zero-order valence-corrected chi connectivity index (χ0v) is 23.0. The molecule has 0 saturated carbocycles. The van der Waals surface area contributed by atoms with Gasteiger partial charge in [-0.2, -0.15) is 17.5 Å². The van der Waals surface area contributed by atoms with Crippen molar-refractivity contribution < 1.29 is 44.7 Å². The quantitative estimate of drug-likeness (QED) is 0.520. The average Bonchev–Trinajstić information content (AvgIpc) is 3.39. The van der Waals surface area contributed by atoms with Crippen molar-refractivity contribution in [3.63, 3.8) is 0 Å². The predicted octanol–water partition coefficient (Wildman–Crippen LogP) is 1.89. The van der Waals surface area contributed by atoms with Crippen LogP contribution in [0.5, 0.6) is 0 Å². The van der Waals surface area contributed by atoms with Crippen molar-refractivity contribution in [3.8, 4) is 0 Å². The highest BCUT2D eigenvalue weighted by Gasteiger charge is 2.41. The number of hydrogen-bond acceptors (Lipinski definition) is 8. The molecule has 10 nitrogen and oxygen atoms in total. The number of carboxylic acids is 1. The van der Waals surface area contributed by atoms with E-state index in [1.807, 2.05) is 30.3 Å². The van der Waals surface area contributed by atoms with Crippen molar-refractivity contribution in [1.82, 2.24) is 9.21 Å². The Hall–Kier alpha value is -2.53. The van der Waals surface area contributed by atoms with Gasteiger partial charge in [0.1, 0.15) is 4.21 Å². The van der Waals surface area contributed by atoms with Crippen LogP contribution in [0.1, 0.15) is 22.8 Å². The van der Waals surface area contributed by atoms with Crippen LogP contribution in [0.4, 0.5) is 13.2 Å². The number of carbonyl (C=O) groups is 2. The fraction of sp³-hybridized carbons (Fsp3) is 0.478. The highest BCUT2D eigenvalue weighted by atomic mass is 32.2. The molecule has 1 aromatic carbocycles. The molecule has 2 fully saturated rings. The van der Waals surface area contributed by atoms with Crippen molar-refractivity contribution in [2.24, 2.45) is 11.7 Å². The number of piperidine rings is 1. The van der Waals surface area contributed by atoms with E-state index in [9.17, 15) is 34.8 Å². The normalized spacial score (nSPS) is 22.0. The summed E-state index contributed by atoms with van der Waals surface area (Å²) in [7, 11) is -6.89. The molecule has 1 amide bonds. The van der Waals surface area contributed by atoms with E-state index in [1.165, 1.54) is 4.31 Å².